The molecule has 2 aromatic heterocycles. The van der Waals surface area contributed by atoms with Gasteiger partial charge in [-0.2, -0.15) is 0 Å². The van der Waals surface area contributed by atoms with Crippen LogP contribution < -0.4 is 0 Å². The van der Waals surface area contributed by atoms with Crippen LogP contribution in [0.3, 0.4) is 0 Å². The third kappa shape index (κ3) is 7.62. The molecule has 4 aliphatic carbocycles. The molecule has 0 N–H and O–H groups in total. The first-order valence-corrected chi connectivity index (χ1v) is 34.9. The predicted octanol–water partition coefficient (Wildman–Crippen LogP) is 24.9. The smallest absolute Gasteiger partial charge is 0.0725 e. The highest BCUT2D eigenvalue weighted by Crippen LogP contribution is 2.66. The zero-order valence-corrected chi connectivity index (χ0v) is 54.5. The van der Waals surface area contributed by atoms with E-state index >= 15 is 0 Å². The van der Waals surface area contributed by atoms with E-state index in [1.807, 2.05) is 0 Å². The van der Waals surface area contributed by atoms with Crippen LogP contribution in [-0.2, 0) is 10.8 Å². The summed E-state index contributed by atoms with van der Waals surface area (Å²) in [7, 11) is 0. The van der Waals surface area contributed by atoms with Crippen molar-refractivity contribution in [2.45, 2.75) is 10.8 Å². The lowest BCUT2D eigenvalue weighted by Gasteiger charge is -2.31. The molecule has 16 aromatic carbocycles. The molecule has 0 radical (unpaired) electrons. The lowest BCUT2D eigenvalue weighted by Crippen LogP contribution is -2.26. The zero-order chi connectivity index (χ0) is 65.4. The highest BCUT2D eigenvalue weighted by atomic mass is 15.0. The fourth-order valence-electron chi connectivity index (χ4n) is 18.6. The average molecular weight is 1270 g/mol. The normalized spacial score (nSPS) is 13.9. The number of hydrogen-bond donors (Lipinski definition) is 0. The summed E-state index contributed by atoms with van der Waals surface area (Å²) in [6.45, 7) is 0. The Labute approximate surface area is 579 Å². The number of fused-ring (bicyclic) bond motifs is 28. The van der Waals surface area contributed by atoms with Gasteiger partial charge in [0.05, 0.1) is 32.9 Å². The number of nitrogens with zero attached hydrogens (tertiary/aromatic N) is 2. The van der Waals surface area contributed by atoms with Crippen molar-refractivity contribution in [2.24, 2.45) is 0 Å². The van der Waals surface area contributed by atoms with Gasteiger partial charge in [0, 0.05) is 32.9 Å². The van der Waals surface area contributed by atoms with Crippen molar-refractivity contribution < 1.29 is 0 Å². The van der Waals surface area contributed by atoms with Gasteiger partial charge in [-0.1, -0.05) is 279 Å². The van der Waals surface area contributed by atoms with Crippen LogP contribution in [0, 0.1) is 0 Å². The molecule has 22 rings (SSSR count). The minimum Gasteiger partial charge on any atom is -0.309 e. The van der Waals surface area contributed by atoms with Crippen LogP contribution in [0.25, 0.3) is 156 Å². The molecular weight excluding hydrogens is 1210 g/mol. The minimum atomic E-state index is -0.550. The topological polar surface area (TPSA) is 9.86 Å². The van der Waals surface area contributed by atoms with Gasteiger partial charge in [-0.3, -0.25) is 0 Å². The summed E-state index contributed by atoms with van der Waals surface area (Å²) in [5.41, 5.74) is 34.1. The number of para-hydroxylation sites is 2. The molecule has 0 bridgehead atoms. The van der Waals surface area contributed by atoms with E-state index in [2.05, 4.69) is 373 Å². The first kappa shape index (κ1) is 55.3. The van der Waals surface area contributed by atoms with Gasteiger partial charge >= 0.3 is 0 Å². The molecule has 0 unspecified atom stereocenters. The van der Waals surface area contributed by atoms with Crippen LogP contribution in [0.5, 0.6) is 0 Å². The van der Waals surface area contributed by atoms with Gasteiger partial charge in [0.15, 0.2) is 0 Å². The predicted molar refractivity (Wildman–Crippen MR) is 419 cm³/mol. The van der Waals surface area contributed by atoms with E-state index in [1.54, 1.807) is 0 Å². The Morgan fingerprint density at radius 1 is 0.190 bits per heavy atom. The van der Waals surface area contributed by atoms with Crippen molar-refractivity contribution in [2.75, 3.05) is 0 Å². The Morgan fingerprint density at radius 3 is 0.900 bits per heavy atom. The number of aromatic nitrogens is 2. The van der Waals surface area contributed by atoms with E-state index in [0.717, 1.165) is 11.1 Å². The van der Waals surface area contributed by atoms with Crippen molar-refractivity contribution in [3.63, 3.8) is 0 Å². The Kier molecular flexibility index (Phi) is 11.5. The van der Waals surface area contributed by atoms with Gasteiger partial charge in [-0.25, -0.2) is 0 Å². The standard InChI is InChI=1S/C98H60N2/c1-3-19-67-57-71(45-41-65(67)17-1)99-93-31-15-9-25-81(93)83-53-61(39-51-95(83)99)33-35-63-37-47-77-79-49-43-69(59-91(79)97(89(77)55-63)85-27-11-5-21-73(85)74-22-6-12-28-86(74)97)70-44-50-80-78-48-38-64(56-90(78)98(92(80)60-70)87-29-13-7-23-75(87)76-24-8-14-30-88(76)98)36-34-62-40-52-96-84(54-62)82-26-10-16-32-94(82)100(96)72-46-42-66-18-2-4-20-68(66)58-72/h1-60H/b35-33+,36-34+. The largest absolute Gasteiger partial charge is 0.309 e. The van der Waals surface area contributed by atoms with Crippen LogP contribution in [0.15, 0.2) is 340 Å². The first-order valence-electron chi connectivity index (χ1n) is 34.9. The molecular formula is C98H60N2. The van der Waals surface area contributed by atoms with Crippen LogP contribution in [-0.4, -0.2) is 9.13 Å². The van der Waals surface area contributed by atoms with Gasteiger partial charge in [0.1, 0.15) is 0 Å². The summed E-state index contributed by atoms with van der Waals surface area (Å²) in [5, 5.41) is 9.94. The quantitative estimate of drug-likeness (QED) is 0.141. The maximum Gasteiger partial charge on any atom is 0.0725 e. The summed E-state index contributed by atoms with van der Waals surface area (Å²) < 4.78 is 4.84. The van der Waals surface area contributed by atoms with Crippen molar-refractivity contribution in [1.82, 2.24) is 9.13 Å². The molecule has 2 nitrogen and oxygen atoms in total. The van der Waals surface area contributed by atoms with E-state index in [9.17, 15) is 0 Å². The fraction of sp³-hybridized carbons (Fsp3) is 0.0204. The molecule has 0 aliphatic heterocycles. The number of rotatable bonds is 7. The number of hydrogen-bond acceptors (Lipinski definition) is 0. The molecule has 2 spiro atoms. The molecule has 0 amide bonds. The van der Waals surface area contributed by atoms with Gasteiger partial charge in [-0.15, -0.1) is 0 Å². The van der Waals surface area contributed by atoms with Gasteiger partial charge in [0.25, 0.3) is 0 Å². The van der Waals surface area contributed by atoms with Crippen molar-refractivity contribution in [3.8, 4) is 67.0 Å². The van der Waals surface area contributed by atoms with Crippen LogP contribution in [0.1, 0.15) is 66.8 Å². The van der Waals surface area contributed by atoms with E-state index in [4.69, 9.17) is 0 Å². The van der Waals surface area contributed by atoms with Gasteiger partial charge < -0.3 is 9.13 Å². The van der Waals surface area contributed by atoms with E-state index < -0.39 is 10.8 Å². The molecule has 0 saturated heterocycles. The molecule has 2 heteroatoms. The van der Waals surface area contributed by atoms with Gasteiger partial charge in [0.2, 0.25) is 0 Å². The molecule has 2 heterocycles. The van der Waals surface area contributed by atoms with Gasteiger partial charge in [-0.05, 0) is 229 Å². The summed E-state index contributed by atoms with van der Waals surface area (Å²) in [5.74, 6) is 0. The monoisotopic (exact) mass is 1260 g/mol. The lowest BCUT2D eigenvalue weighted by molar-refractivity contribution is 0.792. The van der Waals surface area contributed by atoms with Crippen LogP contribution in [0.4, 0.5) is 0 Å². The van der Waals surface area contributed by atoms with Crippen LogP contribution in [0.2, 0.25) is 0 Å². The Bertz CT molecular complexity index is 6180. The zero-order valence-electron chi connectivity index (χ0n) is 54.5. The summed E-state index contributed by atoms with van der Waals surface area (Å²) >= 11 is 0. The summed E-state index contributed by atoms with van der Waals surface area (Å²) in [6.07, 6.45) is 9.26. The lowest BCUT2D eigenvalue weighted by atomic mass is 9.69. The highest BCUT2D eigenvalue weighted by molar-refractivity contribution is 6.12. The average Bonchev–Trinajstić information content (AvgIpc) is 1.51. The highest BCUT2D eigenvalue weighted by Gasteiger charge is 2.54. The maximum atomic E-state index is 2.56. The van der Waals surface area contributed by atoms with Crippen molar-refractivity contribution >= 4 is 89.5 Å². The second kappa shape index (κ2) is 20.8. The van der Waals surface area contributed by atoms with Crippen molar-refractivity contribution in [3.05, 3.63) is 406 Å². The molecule has 18 aromatic rings. The third-order valence-corrected chi connectivity index (χ3v) is 22.9. The molecule has 462 valence electrons. The SMILES string of the molecule is C(=C\c1ccc2c(c1)c1ccccc1n2-c1ccc2ccccc2c1)/c1ccc2c(c1)C1(c3ccccc3-c3ccccc31)c1cc(-c3ccc4c(c3)C3(c5ccccc5-c5ccccc53)c3cc(/C=C/c5ccc6c(c5)c5ccccc5n6-c5ccc6ccccc6c5)ccc3-4)ccc1-2. The second-order valence-electron chi connectivity index (χ2n) is 27.8. The van der Waals surface area contributed by atoms with E-state index in [-0.39, 0.29) is 0 Å². The molecule has 100 heavy (non-hydrogen) atoms. The first-order chi connectivity index (χ1) is 49.5. The Hall–Kier alpha value is -12.9. The molecule has 0 fully saturated rings. The van der Waals surface area contributed by atoms with Crippen LogP contribution >= 0.6 is 0 Å². The van der Waals surface area contributed by atoms with E-state index in [1.165, 1.54) is 188 Å². The number of benzene rings is 16. The maximum absolute atomic E-state index is 2.56. The molecule has 4 aliphatic rings. The minimum absolute atomic E-state index is 0.550. The summed E-state index contributed by atoms with van der Waals surface area (Å²) in [4.78, 5) is 0. The molecule has 0 saturated carbocycles. The fourth-order valence-corrected chi connectivity index (χ4v) is 18.6. The molecule has 0 atom stereocenters. The second-order valence-corrected chi connectivity index (χ2v) is 27.8. The Morgan fingerprint density at radius 2 is 0.490 bits per heavy atom. The third-order valence-electron chi connectivity index (χ3n) is 22.9. The van der Waals surface area contributed by atoms with Crippen molar-refractivity contribution in [1.29, 1.82) is 0 Å². The van der Waals surface area contributed by atoms with E-state index in [0.29, 0.717) is 0 Å². The Balaban J connectivity index is 0.654. The summed E-state index contributed by atoms with van der Waals surface area (Å²) in [6, 6.07) is 128.